The number of ketones is 3. The second-order valence-electron chi connectivity index (χ2n) is 14.7. The molecule has 0 radical (unpaired) electrons. The third kappa shape index (κ3) is 3.03. The molecule has 5 rings (SSSR count). The smallest absolute Gasteiger partial charge is 0.169 e. The molecule has 0 bridgehead atoms. The fourth-order valence-corrected chi connectivity index (χ4v) is 10.2. The summed E-state index contributed by atoms with van der Waals surface area (Å²) in [5, 5.41) is 10.1. The molecule has 0 aromatic rings. The number of fused-ring (bicyclic) bond motifs is 4. The lowest BCUT2D eigenvalue weighted by Gasteiger charge is -2.64. The first-order valence-electron chi connectivity index (χ1n) is 14.0. The third-order valence-corrected chi connectivity index (χ3v) is 12.1. The van der Waals surface area contributed by atoms with Crippen molar-refractivity contribution in [3.63, 3.8) is 0 Å². The Labute approximate surface area is 215 Å². The molecule has 4 saturated carbocycles. The summed E-state index contributed by atoms with van der Waals surface area (Å²) in [4.78, 5) is 53.0. The normalized spacial score (nSPS) is 47.8. The van der Waals surface area contributed by atoms with Crippen molar-refractivity contribution in [1.82, 2.24) is 0 Å². The van der Waals surface area contributed by atoms with Gasteiger partial charge in [-0.3, -0.25) is 14.4 Å². The molecule has 5 aliphatic rings. The first-order chi connectivity index (χ1) is 16.5. The Morgan fingerprint density at radius 2 is 1.78 bits per heavy atom. The minimum absolute atomic E-state index is 0.0287. The Balaban J connectivity index is 1.49. The molecule has 1 N–H and O–H groups in total. The largest absolute Gasteiger partial charge is 0.390 e. The zero-order valence-electron chi connectivity index (χ0n) is 23.1. The van der Waals surface area contributed by atoms with E-state index in [9.17, 15) is 24.3 Å². The molecule has 9 unspecified atom stereocenters. The molecule has 36 heavy (non-hydrogen) atoms. The Kier molecular flexibility index (Phi) is 5.53. The SMILES string of the molecule is CC(CC(=O)CC(C)(C)O)C1CCC2(C)C3C(=O)C4OC45C(CCC(=O)C5(C)C)C3(C=O)CCC12C. The Morgan fingerprint density at radius 3 is 2.39 bits per heavy atom. The van der Waals surface area contributed by atoms with Gasteiger partial charge in [-0.1, -0.05) is 20.8 Å². The molecule has 1 heterocycles. The fraction of sp³-hybridized carbons (Fsp3) is 0.867. The molecule has 0 aromatic heterocycles. The van der Waals surface area contributed by atoms with Crippen LogP contribution in [0.2, 0.25) is 0 Å². The topological polar surface area (TPSA) is 101 Å². The molecule has 4 aliphatic carbocycles. The number of carbonyl (C=O) groups is 4. The fourth-order valence-electron chi connectivity index (χ4n) is 10.2. The number of Topliss-reactive ketones (excluding diaryl/α,β-unsaturated/α-hetero) is 3. The number of aliphatic hydroxyl groups is 1. The molecule has 0 aromatic carbocycles. The molecular weight excluding hydrogens is 456 g/mol. The van der Waals surface area contributed by atoms with E-state index in [1.807, 2.05) is 13.8 Å². The van der Waals surface area contributed by atoms with Crippen LogP contribution >= 0.6 is 0 Å². The average Bonchev–Trinajstić information content (AvgIpc) is 3.45. The highest BCUT2D eigenvalue weighted by atomic mass is 16.6. The lowest BCUT2D eigenvalue weighted by molar-refractivity contribution is -0.187. The van der Waals surface area contributed by atoms with E-state index in [2.05, 4.69) is 20.8 Å². The molecule has 1 saturated heterocycles. The van der Waals surface area contributed by atoms with Crippen molar-refractivity contribution in [1.29, 1.82) is 0 Å². The third-order valence-electron chi connectivity index (χ3n) is 12.1. The maximum atomic E-state index is 14.2. The van der Waals surface area contributed by atoms with Crippen molar-refractivity contribution < 1.29 is 29.0 Å². The van der Waals surface area contributed by atoms with E-state index >= 15 is 0 Å². The molecule has 6 heteroatoms. The predicted molar refractivity (Wildman–Crippen MR) is 134 cm³/mol. The van der Waals surface area contributed by atoms with E-state index in [0.717, 1.165) is 25.5 Å². The van der Waals surface area contributed by atoms with Gasteiger partial charge in [0.2, 0.25) is 0 Å². The molecule has 200 valence electrons. The summed E-state index contributed by atoms with van der Waals surface area (Å²) >= 11 is 0. The van der Waals surface area contributed by atoms with Gasteiger partial charge < -0.3 is 14.6 Å². The van der Waals surface area contributed by atoms with Gasteiger partial charge in [0.25, 0.3) is 0 Å². The molecule has 1 spiro atoms. The summed E-state index contributed by atoms with van der Waals surface area (Å²) in [6.45, 7) is 13.8. The summed E-state index contributed by atoms with van der Waals surface area (Å²) in [6, 6.07) is 0. The molecule has 5 fully saturated rings. The van der Waals surface area contributed by atoms with Crippen LogP contribution in [-0.2, 0) is 23.9 Å². The van der Waals surface area contributed by atoms with Gasteiger partial charge in [-0.15, -0.1) is 0 Å². The number of rotatable bonds is 6. The molecule has 0 amide bonds. The summed E-state index contributed by atoms with van der Waals surface area (Å²) in [5.41, 5.74) is -3.97. The summed E-state index contributed by atoms with van der Waals surface area (Å²) in [5.74, 6) is 0.101. The Morgan fingerprint density at radius 1 is 1.11 bits per heavy atom. The zero-order valence-corrected chi connectivity index (χ0v) is 23.1. The lowest BCUT2D eigenvalue weighted by Crippen LogP contribution is -2.69. The number of epoxide rings is 1. The number of hydrogen-bond acceptors (Lipinski definition) is 6. The molecule has 6 nitrogen and oxygen atoms in total. The van der Waals surface area contributed by atoms with Crippen molar-refractivity contribution >= 4 is 23.6 Å². The summed E-state index contributed by atoms with van der Waals surface area (Å²) in [7, 11) is 0. The van der Waals surface area contributed by atoms with E-state index in [0.29, 0.717) is 25.7 Å². The van der Waals surface area contributed by atoms with Gasteiger partial charge in [-0.25, -0.2) is 0 Å². The number of ether oxygens (including phenoxy) is 1. The van der Waals surface area contributed by atoms with Crippen LogP contribution in [0.1, 0.15) is 99.8 Å². The number of aldehydes is 1. The summed E-state index contributed by atoms with van der Waals surface area (Å²) in [6.07, 6.45) is 5.33. The van der Waals surface area contributed by atoms with Crippen molar-refractivity contribution in [2.24, 2.45) is 45.3 Å². The van der Waals surface area contributed by atoms with Crippen LogP contribution < -0.4 is 0 Å². The minimum atomic E-state index is -1.01. The standard InChI is InChI=1S/C30H44O6/c1-17(14-18(32)15-25(2,3)35)19-10-11-28(7)23-22(34)24-30(36-24)20(8-9-21(33)26(30,4)5)29(23,16-31)13-12-27(19,28)6/h16-17,19-20,23-24,35H,8-15H2,1-7H3. The Hall–Kier alpha value is -1.40. The minimum Gasteiger partial charge on any atom is -0.390 e. The van der Waals surface area contributed by atoms with Crippen molar-refractivity contribution in [2.45, 2.75) is 117 Å². The van der Waals surface area contributed by atoms with Gasteiger partial charge in [0.15, 0.2) is 5.78 Å². The van der Waals surface area contributed by atoms with Gasteiger partial charge in [0.1, 0.15) is 29.6 Å². The summed E-state index contributed by atoms with van der Waals surface area (Å²) < 4.78 is 6.29. The van der Waals surface area contributed by atoms with Crippen LogP contribution in [0.15, 0.2) is 0 Å². The van der Waals surface area contributed by atoms with E-state index in [1.54, 1.807) is 13.8 Å². The molecule has 9 atom stereocenters. The monoisotopic (exact) mass is 500 g/mol. The van der Waals surface area contributed by atoms with Gasteiger partial charge >= 0.3 is 0 Å². The maximum absolute atomic E-state index is 14.2. The Bertz CT molecular complexity index is 1020. The van der Waals surface area contributed by atoms with E-state index in [-0.39, 0.29) is 52.4 Å². The highest BCUT2D eigenvalue weighted by molar-refractivity contribution is 5.99. The highest BCUT2D eigenvalue weighted by Gasteiger charge is 2.85. The number of carbonyl (C=O) groups excluding carboxylic acids is 4. The lowest BCUT2D eigenvalue weighted by atomic mass is 9.36. The van der Waals surface area contributed by atoms with E-state index < -0.39 is 34.1 Å². The van der Waals surface area contributed by atoms with Crippen molar-refractivity contribution in [3.05, 3.63) is 0 Å². The predicted octanol–water partition coefficient (Wildman–Crippen LogP) is 4.49. The highest BCUT2D eigenvalue weighted by Crippen LogP contribution is 2.78. The van der Waals surface area contributed by atoms with Crippen LogP contribution in [0.3, 0.4) is 0 Å². The van der Waals surface area contributed by atoms with Gasteiger partial charge in [-0.05, 0) is 82.5 Å². The van der Waals surface area contributed by atoms with E-state index in [1.165, 1.54) is 0 Å². The van der Waals surface area contributed by atoms with Crippen LogP contribution in [0.5, 0.6) is 0 Å². The quantitative estimate of drug-likeness (QED) is 0.426. The van der Waals surface area contributed by atoms with Crippen LogP contribution in [0.25, 0.3) is 0 Å². The van der Waals surface area contributed by atoms with Crippen molar-refractivity contribution in [3.8, 4) is 0 Å². The zero-order chi connectivity index (χ0) is 26.7. The second-order valence-corrected chi connectivity index (χ2v) is 14.7. The average molecular weight is 501 g/mol. The first kappa shape index (κ1) is 26.2. The van der Waals surface area contributed by atoms with Crippen LogP contribution in [-0.4, -0.2) is 46.0 Å². The second kappa shape index (κ2) is 7.59. The maximum Gasteiger partial charge on any atom is 0.169 e. The van der Waals surface area contributed by atoms with Gasteiger partial charge in [-0.2, -0.15) is 0 Å². The molecular formula is C30H44O6. The molecule has 1 aliphatic heterocycles. The van der Waals surface area contributed by atoms with Crippen molar-refractivity contribution in [2.75, 3.05) is 0 Å². The van der Waals surface area contributed by atoms with Crippen LogP contribution in [0.4, 0.5) is 0 Å². The first-order valence-corrected chi connectivity index (χ1v) is 14.0. The van der Waals surface area contributed by atoms with E-state index in [4.69, 9.17) is 4.74 Å². The van der Waals surface area contributed by atoms with Gasteiger partial charge in [0.05, 0.1) is 11.0 Å². The van der Waals surface area contributed by atoms with Crippen LogP contribution in [0, 0.1) is 45.3 Å². The number of hydrogen-bond donors (Lipinski definition) is 1. The van der Waals surface area contributed by atoms with Gasteiger partial charge in [0, 0.05) is 36.5 Å².